The molecule has 92 valence electrons. The molecule has 2 N–H and O–H groups in total. The average Bonchev–Trinajstić information content (AvgIpc) is 2.70. The molecule has 0 atom stereocenters. The minimum atomic E-state index is 0.794. The molecule has 0 bridgehead atoms. The molecular weight excluding hydrogens is 212 g/mol. The molecule has 0 spiro atoms. The lowest BCUT2D eigenvalue weighted by atomic mass is 10.1. The number of nitrogens with zero attached hydrogens (tertiary/aromatic N) is 1. The second-order valence-electron chi connectivity index (χ2n) is 4.53. The quantitative estimate of drug-likeness (QED) is 0.778. The summed E-state index contributed by atoms with van der Waals surface area (Å²) in [6, 6.07) is 6.12. The lowest BCUT2D eigenvalue weighted by Gasteiger charge is -1.96. The lowest BCUT2D eigenvalue weighted by molar-refractivity contribution is 0.508. The summed E-state index contributed by atoms with van der Waals surface area (Å²) >= 11 is 0. The van der Waals surface area contributed by atoms with Gasteiger partial charge in [-0.1, -0.05) is 18.9 Å². The van der Waals surface area contributed by atoms with Crippen LogP contribution >= 0.6 is 0 Å². The van der Waals surface area contributed by atoms with Crippen molar-refractivity contribution in [3.8, 4) is 0 Å². The molecule has 3 nitrogen and oxygen atoms in total. The Labute approximate surface area is 102 Å². The smallest absolute Gasteiger partial charge is 0.195 e. The van der Waals surface area contributed by atoms with E-state index in [9.17, 15) is 0 Å². The van der Waals surface area contributed by atoms with Gasteiger partial charge in [0.1, 0.15) is 5.52 Å². The third kappa shape index (κ3) is 3.30. The van der Waals surface area contributed by atoms with Crippen molar-refractivity contribution in [2.45, 2.75) is 39.0 Å². The van der Waals surface area contributed by atoms with Crippen LogP contribution in [0.1, 0.15) is 37.1 Å². The minimum Gasteiger partial charge on any atom is -0.441 e. The minimum absolute atomic E-state index is 0.794. The highest BCUT2D eigenvalue weighted by Gasteiger charge is 2.05. The van der Waals surface area contributed by atoms with E-state index in [-0.39, 0.29) is 0 Å². The first-order valence-corrected chi connectivity index (χ1v) is 6.36. The van der Waals surface area contributed by atoms with Crippen LogP contribution in [0.15, 0.2) is 22.6 Å². The number of unbranched alkanes of at least 4 members (excludes halogenated alkanes) is 3. The number of fused-ring (bicyclic) bond motifs is 1. The highest BCUT2D eigenvalue weighted by Crippen LogP contribution is 2.18. The number of rotatable bonds is 6. The molecule has 0 saturated heterocycles. The zero-order valence-electron chi connectivity index (χ0n) is 10.4. The summed E-state index contributed by atoms with van der Waals surface area (Å²) < 4.78 is 5.69. The monoisotopic (exact) mass is 232 g/mol. The second kappa shape index (κ2) is 5.82. The maximum Gasteiger partial charge on any atom is 0.195 e. The van der Waals surface area contributed by atoms with Gasteiger partial charge in [-0.05, 0) is 44.0 Å². The van der Waals surface area contributed by atoms with Crippen LogP contribution in [0, 0.1) is 6.92 Å². The topological polar surface area (TPSA) is 52.0 Å². The number of aryl methyl sites for hydroxylation is 2. The molecule has 0 aliphatic rings. The van der Waals surface area contributed by atoms with Crippen LogP contribution in [0.4, 0.5) is 0 Å². The lowest BCUT2D eigenvalue weighted by Crippen LogP contribution is -1.97. The van der Waals surface area contributed by atoms with Gasteiger partial charge in [0.15, 0.2) is 11.5 Å². The molecule has 2 rings (SSSR count). The summed E-state index contributed by atoms with van der Waals surface area (Å²) in [5.41, 5.74) is 8.55. The molecular formula is C14H20N2O. The van der Waals surface area contributed by atoms with Gasteiger partial charge in [-0.15, -0.1) is 0 Å². The summed E-state index contributed by atoms with van der Waals surface area (Å²) in [6.07, 6.45) is 5.58. The van der Waals surface area contributed by atoms with Crippen LogP contribution in [-0.4, -0.2) is 11.5 Å². The Bertz CT molecular complexity index is 476. The summed E-state index contributed by atoms with van der Waals surface area (Å²) in [6.45, 7) is 2.86. The van der Waals surface area contributed by atoms with Crippen molar-refractivity contribution >= 4 is 11.1 Å². The van der Waals surface area contributed by atoms with Crippen LogP contribution in [0.2, 0.25) is 0 Å². The van der Waals surface area contributed by atoms with Crippen LogP contribution in [-0.2, 0) is 6.42 Å². The van der Waals surface area contributed by atoms with Crippen molar-refractivity contribution in [1.29, 1.82) is 0 Å². The number of oxazole rings is 1. The molecule has 1 aromatic carbocycles. The van der Waals surface area contributed by atoms with E-state index in [0.29, 0.717) is 0 Å². The SMILES string of the molecule is Cc1ccc2oc(CCCCCCN)nc2c1. The zero-order chi connectivity index (χ0) is 12.1. The number of hydrogen-bond acceptors (Lipinski definition) is 3. The van der Waals surface area contributed by atoms with E-state index in [2.05, 4.69) is 24.0 Å². The molecule has 0 amide bonds. The fourth-order valence-electron chi connectivity index (χ4n) is 1.97. The van der Waals surface area contributed by atoms with Crippen LogP contribution < -0.4 is 5.73 Å². The second-order valence-corrected chi connectivity index (χ2v) is 4.53. The summed E-state index contributed by atoms with van der Waals surface area (Å²) in [7, 11) is 0. The van der Waals surface area contributed by atoms with Gasteiger partial charge in [0.05, 0.1) is 0 Å². The Morgan fingerprint density at radius 3 is 2.82 bits per heavy atom. The molecule has 0 unspecified atom stereocenters. The first-order chi connectivity index (χ1) is 8.29. The normalized spacial score (nSPS) is 11.2. The summed E-state index contributed by atoms with van der Waals surface area (Å²) in [5.74, 6) is 0.860. The Balaban J connectivity index is 1.91. The maximum atomic E-state index is 5.69. The molecule has 0 radical (unpaired) electrons. The molecule has 17 heavy (non-hydrogen) atoms. The van der Waals surface area contributed by atoms with Crippen LogP contribution in [0.3, 0.4) is 0 Å². The van der Waals surface area contributed by atoms with Gasteiger partial charge in [-0.2, -0.15) is 0 Å². The summed E-state index contributed by atoms with van der Waals surface area (Å²) in [5, 5.41) is 0. The fourth-order valence-corrected chi connectivity index (χ4v) is 1.97. The van der Waals surface area contributed by atoms with Gasteiger partial charge >= 0.3 is 0 Å². The van der Waals surface area contributed by atoms with Gasteiger partial charge in [0.25, 0.3) is 0 Å². The molecule has 3 heteroatoms. The van der Waals surface area contributed by atoms with Gasteiger partial charge in [0, 0.05) is 6.42 Å². The Morgan fingerprint density at radius 2 is 2.00 bits per heavy atom. The van der Waals surface area contributed by atoms with Crippen molar-refractivity contribution in [3.05, 3.63) is 29.7 Å². The van der Waals surface area contributed by atoms with E-state index < -0.39 is 0 Å². The third-order valence-corrected chi connectivity index (χ3v) is 2.93. The molecule has 2 aromatic rings. The maximum absolute atomic E-state index is 5.69. The fraction of sp³-hybridized carbons (Fsp3) is 0.500. The first kappa shape index (κ1) is 12.1. The largest absolute Gasteiger partial charge is 0.441 e. The third-order valence-electron chi connectivity index (χ3n) is 2.93. The highest BCUT2D eigenvalue weighted by molar-refractivity contribution is 5.73. The molecule has 0 aliphatic heterocycles. The van der Waals surface area contributed by atoms with Gasteiger partial charge < -0.3 is 10.2 Å². The van der Waals surface area contributed by atoms with Crippen LogP contribution in [0.5, 0.6) is 0 Å². The predicted molar refractivity (Wildman–Crippen MR) is 70.0 cm³/mol. The van der Waals surface area contributed by atoms with Crippen molar-refractivity contribution in [2.75, 3.05) is 6.54 Å². The van der Waals surface area contributed by atoms with Crippen molar-refractivity contribution in [3.63, 3.8) is 0 Å². The van der Waals surface area contributed by atoms with E-state index in [1.807, 2.05) is 6.07 Å². The van der Waals surface area contributed by atoms with Gasteiger partial charge in [-0.25, -0.2) is 4.98 Å². The Morgan fingerprint density at radius 1 is 1.18 bits per heavy atom. The van der Waals surface area contributed by atoms with Gasteiger partial charge in [-0.3, -0.25) is 0 Å². The van der Waals surface area contributed by atoms with E-state index in [4.69, 9.17) is 10.2 Å². The summed E-state index contributed by atoms with van der Waals surface area (Å²) in [4.78, 5) is 4.50. The standard InChI is InChI=1S/C14H20N2O/c1-11-7-8-13-12(10-11)16-14(17-13)6-4-2-3-5-9-15/h7-8,10H,2-6,9,15H2,1H3. The van der Waals surface area contributed by atoms with Crippen molar-refractivity contribution < 1.29 is 4.42 Å². The first-order valence-electron chi connectivity index (χ1n) is 6.36. The van der Waals surface area contributed by atoms with Crippen molar-refractivity contribution in [2.24, 2.45) is 5.73 Å². The van der Waals surface area contributed by atoms with Crippen molar-refractivity contribution in [1.82, 2.24) is 4.98 Å². The average molecular weight is 232 g/mol. The number of aromatic nitrogens is 1. The predicted octanol–water partition coefficient (Wildman–Crippen LogP) is 3.20. The molecule has 0 saturated carbocycles. The Hall–Kier alpha value is -1.35. The van der Waals surface area contributed by atoms with E-state index in [1.54, 1.807) is 0 Å². The van der Waals surface area contributed by atoms with E-state index in [0.717, 1.165) is 42.8 Å². The van der Waals surface area contributed by atoms with E-state index in [1.165, 1.54) is 18.4 Å². The van der Waals surface area contributed by atoms with Crippen LogP contribution in [0.25, 0.3) is 11.1 Å². The Kier molecular flexibility index (Phi) is 4.15. The number of benzene rings is 1. The van der Waals surface area contributed by atoms with E-state index >= 15 is 0 Å². The molecule has 0 aliphatic carbocycles. The number of hydrogen-bond donors (Lipinski definition) is 1. The molecule has 0 fully saturated rings. The highest BCUT2D eigenvalue weighted by atomic mass is 16.3. The van der Waals surface area contributed by atoms with Gasteiger partial charge in [0.2, 0.25) is 0 Å². The molecule has 1 aromatic heterocycles. The number of nitrogens with two attached hydrogens (primary N) is 1. The zero-order valence-corrected chi connectivity index (χ0v) is 10.4. The molecule has 1 heterocycles.